The molecule has 0 aromatic carbocycles. The van der Waals surface area contributed by atoms with Gasteiger partial charge >= 0.3 is 5.97 Å². The molecule has 0 aliphatic rings. The molecule has 8 heteroatoms. The molecule has 0 bridgehead atoms. The van der Waals surface area contributed by atoms with Crippen LogP contribution in [0.25, 0.3) is 0 Å². The molecule has 1 rings (SSSR count). The number of carboxylic acid groups (broad SMARTS) is 1. The number of sulfonamides is 1. The highest BCUT2D eigenvalue weighted by molar-refractivity contribution is 7.89. The summed E-state index contributed by atoms with van der Waals surface area (Å²) in [4.78, 5) is 10.9. The summed E-state index contributed by atoms with van der Waals surface area (Å²) in [7, 11) is -2.26. The van der Waals surface area contributed by atoms with E-state index < -0.39 is 22.0 Å². The number of aliphatic carboxylic acids is 1. The summed E-state index contributed by atoms with van der Waals surface area (Å²) in [6.07, 6.45) is 2.48. The van der Waals surface area contributed by atoms with Gasteiger partial charge in [-0.25, -0.2) is 8.42 Å². The van der Waals surface area contributed by atoms with Crippen LogP contribution in [0.2, 0.25) is 0 Å². The zero-order valence-corrected chi connectivity index (χ0v) is 10.6. The molecule has 0 fully saturated rings. The Hall–Kier alpha value is -1.41. The lowest BCUT2D eigenvalue weighted by Crippen LogP contribution is -2.44. The lowest BCUT2D eigenvalue weighted by Gasteiger charge is -2.17. The standard InChI is InChI=1S/C9H15N3O4S/c1-6(2)8(9(13)14)11-17(15,16)7-4-10-12(3)5-7/h4-6,8,11H,1-3H3,(H,13,14). The van der Waals surface area contributed by atoms with Gasteiger partial charge in [-0.1, -0.05) is 13.8 Å². The molecular formula is C9H15N3O4S. The van der Waals surface area contributed by atoms with Gasteiger partial charge in [0.1, 0.15) is 10.9 Å². The van der Waals surface area contributed by atoms with Gasteiger partial charge in [0, 0.05) is 13.2 Å². The molecule has 1 unspecified atom stereocenters. The molecule has 0 spiro atoms. The zero-order chi connectivity index (χ0) is 13.2. The van der Waals surface area contributed by atoms with Crippen molar-refractivity contribution < 1.29 is 18.3 Å². The second-order valence-electron chi connectivity index (χ2n) is 4.03. The molecule has 0 aliphatic heterocycles. The Balaban J connectivity index is 2.97. The predicted octanol–water partition coefficient (Wildman–Crippen LogP) is -0.192. The molecule has 7 nitrogen and oxygen atoms in total. The Labute approximate surface area is 99.5 Å². The maximum absolute atomic E-state index is 11.8. The first-order valence-electron chi connectivity index (χ1n) is 4.98. The number of hydrogen-bond donors (Lipinski definition) is 2. The van der Waals surface area contributed by atoms with E-state index in [2.05, 4.69) is 9.82 Å². The molecule has 1 aromatic heterocycles. The van der Waals surface area contributed by atoms with E-state index in [1.54, 1.807) is 20.9 Å². The Morgan fingerprint density at radius 3 is 2.47 bits per heavy atom. The van der Waals surface area contributed by atoms with E-state index in [9.17, 15) is 13.2 Å². The fraction of sp³-hybridized carbons (Fsp3) is 0.556. The number of carbonyl (C=O) groups is 1. The summed E-state index contributed by atoms with van der Waals surface area (Å²) >= 11 is 0. The Bertz CT molecular complexity index is 506. The lowest BCUT2D eigenvalue weighted by atomic mass is 10.1. The van der Waals surface area contributed by atoms with Crippen LogP contribution < -0.4 is 4.72 Å². The average molecular weight is 261 g/mol. The van der Waals surface area contributed by atoms with Crippen molar-refractivity contribution in [2.75, 3.05) is 0 Å². The third-order valence-corrected chi connectivity index (χ3v) is 3.60. The molecular weight excluding hydrogens is 246 g/mol. The minimum absolute atomic E-state index is 0.0492. The number of aryl methyl sites for hydroxylation is 1. The van der Waals surface area contributed by atoms with E-state index in [4.69, 9.17) is 5.11 Å². The quantitative estimate of drug-likeness (QED) is 0.764. The highest BCUT2D eigenvalue weighted by Crippen LogP contribution is 2.10. The van der Waals surface area contributed by atoms with Crippen LogP contribution in [0.1, 0.15) is 13.8 Å². The fourth-order valence-corrected chi connectivity index (χ4v) is 2.56. The van der Waals surface area contributed by atoms with Gasteiger partial charge in [-0.05, 0) is 5.92 Å². The smallest absolute Gasteiger partial charge is 0.322 e. The van der Waals surface area contributed by atoms with E-state index in [1.807, 2.05) is 0 Å². The monoisotopic (exact) mass is 261 g/mol. The summed E-state index contributed by atoms with van der Waals surface area (Å²) in [5.74, 6) is -1.55. The molecule has 0 saturated carbocycles. The molecule has 96 valence electrons. The van der Waals surface area contributed by atoms with E-state index >= 15 is 0 Å². The van der Waals surface area contributed by atoms with Crippen molar-refractivity contribution in [3.05, 3.63) is 12.4 Å². The SMILES string of the molecule is CC(C)C(NS(=O)(=O)c1cnn(C)c1)C(=O)O. The zero-order valence-electron chi connectivity index (χ0n) is 9.78. The molecule has 0 aliphatic carbocycles. The molecule has 1 heterocycles. The van der Waals surface area contributed by atoms with Gasteiger partial charge in [-0.3, -0.25) is 9.48 Å². The predicted molar refractivity (Wildman–Crippen MR) is 59.8 cm³/mol. The highest BCUT2D eigenvalue weighted by atomic mass is 32.2. The molecule has 0 radical (unpaired) electrons. The first kappa shape index (κ1) is 13.7. The van der Waals surface area contributed by atoms with Gasteiger partial charge in [-0.2, -0.15) is 9.82 Å². The van der Waals surface area contributed by atoms with E-state index in [1.165, 1.54) is 17.1 Å². The Kier molecular flexibility index (Phi) is 3.89. The maximum atomic E-state index is 11.8. The van der Waals surface area contributed by atoms with E-state index in [-0.39, 0.29) is 10.8 Å². The summed E-state index contributed by atoms with van der Waals surface area (Å²) in [5.41, 5.74) is 0. The van der Waals surface area contributed by atoms with E-state index in [0.717, 1.165) is 0 Å². The molecule has 1 aromatic rings. The van der Waals surface area contributed by atoms with Crippen molar-refractivity contribution in [3.8, 4) is 0 Å². The number of carboxylic acids is 1. The van der Waals surface area contributed by atoms with Crippen LogP contribution in [0.15, 0.2) is 17.3 Å². The summed E-state index contributed by atoms with van der Waals surface area (Å²) in [6.45, 7) is 3.26. The van der Waals surface area contributed by atoms with Crippen LogP contribution >= 0.6 is 0 Å². The minimum atomic E-state index is -3.84. The third-order valence-electron chi connectivity index (χ3n) is 2.21. The topological polar surface area (TPSA) is 101 Å². The van der Waals surface area contributed by atoms with Crippen molar-refractivity contribution in [2.24, 2.45) is 13.0 Å². The molecule has 17 heavy (non-hydrogen) atoms. The van der Waals surface area contributed by atoms with Crippen molar-refractivity contribution in [2.45, 2.75) is 24.8 Å². The van der Waals surface area contributed by atoms with Crippen LogP contribution in [-0.4, -0.2) is 35.3 Å². The summed E-state index contributed by atoms with van der Waals surface area (Å²) < 4.78 is 27.1. The van der Waals surface area contributed by atoms with Crippen molar-refractivity contribution in [1.29, 1.82) is 0 Å². The number of aromatic nitrogens is 2. The highest BCUT2D eigenvalue weighted by Gasteiger charge is 2.28. The molecule has 0 amide bonds. The Morgan fingerprint density at radius 1 is 1.53 bits per heavy atom. The molecule has 1 atom stereocenters. The van der Waals surface area contributed by atoms with Gasteiger partial charge in [0.2, 0.25) is 10.0 Å². The largest absolute Gasteiger partial charge is 0.480 e. The van der Waals surface area contributed by atoms with Gasteiger partial charge in [0.05, 0.1) is 6.20 Å². The third kappa shape index (κ3) is 3.27. The van der Waals surface area contributed by atoms with Crippen LogP contribution in [0.4, 0.5) is 0 Å². The van der Waals surface area contributed by atoms with Crippen LogP contribution in [0, 0.1) is 5.92 Å². The second-order valence-corrected chi connectivity index (χ2v) is 5.74. The summed E-state index contributed by atoms with van der Waals surface area (Å²) in [6, 6.07) is -1.15. The van der Waals surface area contributed by atoms with Crippen LogP contribution in [-0.2, 0) is 21.9 Å². The maximum Gasteiger partial charge on any atom is 0.322 e. The Morgan fingerprint density at radius 2 is 2.12 bits per heavy atom. The van der Waals surface area contributed by atoms with Gasteiger partial charge in [-0.15, -0.1) is 0 Å². The normalized spacial score (nSPS) is 13.9. The molecule has 0 saturated heterocycles. The van der Waals surface area contributed by atoms with Crippen molar-refractivity contribution in [1.82, 2.24) is 14.5 Å². The average Bonchev–Trinajstić information content (AvgIpc) is 2.61. The number of rotatable bonds is 5. The second kappa shape index (κ2) is 4.84. The van der Waals surface area contributed by atoms with Gasteiger partial charge in [0.25, 0.3) is 0 Å². The summed E-state index contributed by atoms with van der Waals surface area (Å²) in [5, 5.41) is 12.6. The number of nitrogens with one attached hydrogen (secondary N) is 1. The fourth-order valence-electron chi connectivity index (χ4n) is 1.24. The van der Waals surface area contributed by atoms with Crippen LogP contribution in [0.5, 0.6) is 0 Å². The molecule has 2 N–H and O–H groups in total. The van der Waals surface area contributed by atoms with E-state index in [0.29, 0.717) is 0 Å². The van der Waals surface area contributed by atoms with Gasteiger partial charge in [0.15, 0.2) is 0 Å². The van der Waals surface area contributed by atoms with Crippen molar-refractivity contribution >= 4 is 16.0 Å². The van der Waals surface area contributed by atoms with Crippen LogP contribution in [0.3, 0.4) is 0 Å². The first-order chi connectivity index (χ1) is 7.74. The number of nitrogens with zero attached hydrogens (tertiary/aromatic N) is 2. The van der Waals surface area contributed by atoms with Gasteiger partial charge < -0.3 is 5.11 Å². The minimum Gasteiger partial charge on any atom is -0.480 e. The first-order valence-corrected chi connectivity index (χ1v) is 6.46. The van der Waals surface area contributed by atoms with Crippen molar-refractivity contribution in [3.63, 3.8) is 0 Å². The number of hydrogen-bond acceptors (Lipinski definition) is 4. The lowest BCUT2D eigenvalue weighted by molar-refractivity contribution is -0.140.